The molecule has 0 atom stereocenters. The van der Waals surface area contributed by atoms with Crippen molar-refractivity contribution in [3.63, 3.8) is 0 Å². The second-order valence-corrected chi connectivity index (χ2v) is 3.36. The van der Waals surface area contributed by atoms with E-state index < -0.39 is 0 Å². The largest absolute Gasteiger partial charge is 0.507 e. The Bertz CT molecular complexity index is 271. The molecule has 0 aliphatic heterocycles. The Labute approximate surface area is 79.6 Å². The quantitative estimate of drug-likeness (QED) is 0.745. The number of rotatable bonds is 3. The van der Waals surface area contributed by atoms with Crippen LogP contribution < -0.4 is 5.32 Å². The maximum atomic E-state index is 9.54. The van der Waals surface area contributed by atoms with Gasteiger partial charge < -0.3 is 10.4 Å². The fourth-order valence-corrected chi connectivity index (χ4v) is 1.42. The molecule has 0 spiro atoms. The summed E-state index contributed by atoms with van der Waals surface area (Å²) in [6.45, 7) is 7.78. The summed E-state index contributed by atoms with van der Waals surface area (Å²) in [4.78, 5) is 0. The lowest BCUT2D eigenvalue weighted by molar-refractivity contribution is 0.466. The predicted molar refractivity (Wildman–Crippen MR) is 55.0 cm³/mol. The highest BCUT2D eigenvalue weighted by Gasteiger charge is 2.02. The molecule has 0 saturated carbocycles. The van der Waals surface area contributed by atoms with Gasteiger partial charge in [0.1, 0.15) is 5.75 Å². The Balaban J connectivity index is 2.86. The van der Waals surface area contributed by atoms with Crippen LogP contribution in [0.1, 0.15) is 23.6 Å². The highest BCUT2D eigenvalue weighted by molar-refractivity contribution is 5.42. The summed E-state index contributed by atoms with van der Waals surface area (Å²) in [6.07, 6.45) is 0. The molecule has 0 aromatic heterocycles. The first-order valence-electron chi connectivity index (χ1n) is 4.65. The Morgan fingerprint density at radius 2 is 1.77 bits per heavy atom. The van der Waals surface area contributed by atoms with E-state index in [2.05, 4.69) is 12.2 Å². The molecule has 72 valence electrons. The molecule has 1 aromatic carbocycles. The van der Waals surface area contributed by atoms with Crippen LogP contribution in [0.5, 0.6) is 5.75 Å². The molecule has 0 heterocycles. The van der Waals surface area contributed by atoms with Gasteiger partial charge in [-0.05, 0) is 37.1 Å². The molecule has 0 aliphatic carbocycles. The van der Waals surface area contributed by atoms with E-state index in [1.165, 1.54) is 5.56 Å². The van der Waals surface area contributed by atoms with Gasteiger partial charge in [0.25, 0.3) is 0 Å². The van der Waals surface area contributed by atoms with Gasteiger partial charge in [0.05, 0.1) is 0 Å². The van der Waals surface area contributed by atoms with Gasteiger partial charge in [0.2, 0.25) is 0 Å². The second kappa shape index (κ2) is 4.28. The number of hydrogen-bond acceptors (Lipinski definition) is 2. The van der Waals surface area contributed by atoms with Crippen molar-refractivity contribution in [2.24, 2.45) is 0 Å². The molecule has 2 N–H and O–H groups in total. The zero-order valence-electron chi connectivity index (χ0n) is 8.52. The zero-order valence-corrected chi connectivity index (χ0v) is 8.52. The standard InChI is InChI=1S/C11H17NO/c1-4-12-7-10-5-8(2)11(13)9(3)6-10/h5-6,12-13H,4,7H2,1-3H3. The van der Waals surface area contributed by atoms with Crippen LogP contribution >= 0.6 is 0 Å². The second-order valence-electron chi connectivity index (χ2n) is 3.36. The zero-order chi connectivity index (χ0) is 9.84. The van der Waals surface area contributed by atoms with Gasteiger partial charge in [-0.25, -0.2) is 0 Å². The fourth-order valence-electron chi connectivity index (χ4n) is 1.42. The molecule has 0 fully saturated rings. The van der Waals surface area contributed by atoms with Crippen molar-refractivity contribution in [2.45, 2.75) is 27.3 Å². The van der Waals surface area contributed by atoms with E-state index in [0.29, 0.717) is 5.75 Å². The molecule has 2 heteroatoms. The van der Waals surface area contributed by atoms with Gasteiger partial charge in [-0.2, -0.15) is 0 Å². The third-order valence-corrected chi connectivity index (χ3v) is 2.13. The summed E-state index contributed by atoms with van der Waals surface area (Å²) in [5, 5.41) is 12.8. The Morgan fingerprint density at radius 1 is 1.23 bits per heavy atom. The van der Waals surface area contributed by atoms with Gasteiger partial charge in [-0.3, -0.25) is 0 Å². The summed E-state index contributed by atoms with van der Waals surface area (Å²) in [5.74, 6) is 0.417. The van der Waals surface area contributed by atoms with E-state index in [1.807, 2.05) is 26.0 Å². The minimum Gasteiger partial charge on any atom is -0.507 e. The summed E-state index contributed by atoms with van der Waals surface area (Å²) < 4.78 is 0. The summed E-state index contributed by atoms with van der Waals surface area (Å²) in [5.41, 5.74) is 3.13. The average Bonchev–Trinajstić information content (AvgIpc) is 2.10. The normalized spacial score (nSPS) is 10.4. The van der Waals surface area contributed by atoms with Crippen LogP contribution in [0, 0.1) is 13.8 Å². The number of benzene rings is 1. The first kappa shape index (κ1) is 10.1. The minimum absolute atomic E-state index is 0.417. The number of aryl methyl sites for hydroxylation is 2. The van der Waals surface area contributed by atoms with Crippen molar-refractivity contribution in [3.8, 4) is 5.75 Å². The third-order valence-electron chi connectivity index (χ3n) is 2.13. The number of nitrogens with one attached hydrogen (secondary N) is 1. The van der Waals surface area contributed by atoms with Gasteiger partial charge in [-0.1, -0.05) is 19.1 Å². The molecular weight excluding hydrogens is 162 g/mol. The Morgan fingerprint density at radius 3 is 2.23 bits per heavy atom. The maximum Gasteiger partial charge on any atom is 0.121 e. The van der Waals surface area contributed by atoms with Gasteiger partial charge in [-0.15, -0.1) is 0 Å². The van der Waals surface area contributed by atoms with Crippen LogP contribution in [0.2, 0.25) is 0 Å². The monoisotopic (exact) mass is 179 g/mol. The van der Waals surface area contributed by atoms with E-state index in [9.17, 15) is 5.11 Å². The lowest BCUT2D eigenvalue weighted by Crippen LogP contribution is -2.11. The first-order chi connectivity index (χ1) is 6.15. The highest BCUT2D eigenvalue weighted by atomic mass is 16.3. The van der Waals surface area contributed by atoms with Crippen LogP contribution in [-0.4, -0.2) is 11.7 Å². The first-order valence-corrected chi connectivity index (χ1v) is 4.65. The van der Waals surface area contributed by atoms with Crippen molar-refractivity contribution < 1.29 is 5.11 Å². The molecule has 13 heavy (non-hydrogen) atoms. The molecule has 2 nitrogen and oxygen atoms in total. The van der Waals surface area contributed by atoms with Crippen molar-refractivity contribution in [2.75, 3.05) is 6.54 Å². The van der Waals surface area contributed by atoms with Crippen molar-refractivity contribution in [3.05, 3.63) is 28.8 Å². The van der Waals surface area contributed by atoms with Crippen LogP contribution in [-0.2, 0) is 6.54 Å². The number of phenolic OH excluding ortho intramolecular Hbond substituents is 1. The lowest BCUT2D eigenvalue weighted by atomic mass is 10.1. The molecular formula is C11H17NO. The predicted octanol–water partition coefficient (Wildman–Crippen LogP) is 2.12. The van der Waals surface area contributed by atoms with E-state index in [4.69, 9.17) is 0 Å². The Kier molecular flexibility index (Phi) is 3.32. The Hall–Kier alpha value is -1.02. The van der Waals surface area contributed by atoms with Crippen LogP contribution in [0.25, 0.3) is 0 Å². The SMILES string of the molecule is CCNCc1cc(C)c(O)c(C)c1. The number of phenols is 1. The summed E-state index contributed by atoms with van der Waals surface area (Å²) in [7, 11) is 0. The molecule has 0 aliphatic rings. The van der Waals surface area contributed by atoms with Crippen molar-refractivity contribution in [1.29, 1.82) is 0 Å². The van der Waals surface area contributed by atoms with Crippen LogP contribution in [0.15, 0.2) is 12.1 Å². The van der Waals surface area contributed by atoms with Crippen LogP contribution in [0.4, 0.5) is 0 Å². The van der Waals surface area contributed by atoms with E-state index in [0.717, 1.165) is 24.2 Å². The van der Waals surface area contributed by atoms with Crippen molar-refractivity contribution >= 4 is 0 Å². The smallest absolute Gasteiger partial charge is 0.121 e. The molecule has 1 rings (SSSR count). The molecule has 0 saturated heterocycles. The molecule has 0 bridgehead atoms. The highest BCUT2D eigenvalue weighted by Crippen LogP contribution is 2.22. The van der Waals surface area contributed by atoms with Gasteiger partial charge in [0, 0.05) is 6.54 Å². The minimum atomic E-state index is 0.417. The topological polar surface area (TPSA) is 32.3 Å². The van der Waals surface area contributed by atoms with Gasteiger partial charge >= 0.3 is 0 Å². The molecule has 0 unspecified atom stereocenters. The number of hydrogen-bond donors (Lipinski definition) is 2. The summed E-state index contributed by atoms with van der Waals surface area (Å²) in [6, 6.07) is 4.04. The molecule has 0 amide bonds. The fraction of sp³-hybridized carbons (Fsp3) is 0.455. The number of aromatic hydroxyl groups is 1. The molecule has 0 radical (unpaired) electrons. The summed E-state index contributed by atoms with van der Waals surface area (Å²) >= 11 is 0. The van der Waals surface area contributed by atoms with Gasteiger partial charge in [0.15, 0.2) is 0 Å². The van der Waals surface area contributed by atoms with E-state index >= 15 is 0 Å². The van der Waals surface area contributed by atoms with Crippen molar-refractivity contribution in [1.82, 2.24) is 5.32 Å². The maximum absolute atomic E-state index is 9.54. The lowest BCUT2D eigenvalue weighted by Gasteiger charge is -2.07. The molecule has 1 aromatic rings. The van der Waals surface area contributed by atoms with E-state index in [-0.39, 0.29) is 0 Å². The third kappa shape index (κ3) is 2.46. The van der Waals surface area contributed by atoms with E-state index in [1.54, 1.807) is 0 Å². The average molecular weight is 179 g/mol. The van der Waals surface area contributed by atoms with Crippen LogP contribution in [0.3, 0.4) is 0 Å².